The normalized spacial score (nSPS) is 12.2. The van der Waals surface area contributed by atoms with Crippen LogP contribution in [0.3, 0.4) is 0 Å². The van der Waals surface area contributed by atoms with Gasteiger partial charge in [-0.3, -0.25) is 9.59 Å². The van der Waals surface area contributed by atoms with Gasteiger partial charge in [-0.15, -0.1) is 11.8 Å². The van der Waals surface area contributed by atoms with Crippen molar-refractivity contribution >= 4 is 29.3 Å². The van der Waals surface area contributed by atoms with Crippen LogP contribution in [0.1, 0.15) is 13.8 Å². The van der Waals surface area contributed by atoms with Crippen molar-refractivity contribution in [3.63, 3.8) is 0 Å². The number of halogens is 2. The highest BCUT2D eigenvalue weighted by Crippen LogP contribution is 2.21. The van der Waals surface area contributed by atoms with E-state index in [9.17, 15) is 18.4 Å². The van der Waals surface area contributed by atoms with Crippen LogP contribution in [0, 0.1) is 17.6 Å². The molecule has 0 aliphatic carbocycles. The Morgan fingerprint density at radius 1 is 1.35 bits per heavy atom. The molecule has 1 atom stereocenters. The second-order valence-corrected chi connectivity index (χ2v) is 5.62. The van der Waals surface area contributed by atoms with Gasteiger partial charge in [0.15, 0.2) is 0 Å². The molecule has 1 aromatic carbocycles. The first-order valence-electron chi connectivity index (χ1n) is 5.90. The molecule has 0 aliphatic heterocycles. The van der Waals surface area contributed by atoms with Crippen molar-refractivity contribution in [1.82, 2.24) is 0 Å². The Hall–Kier alpha value is -1.63. The van der Waals surface area contributed by atoms with Gasteiger partial charge in [0.2, 0.25) is 5.91 Å². The molecule has 0 aliphatic rings. The molecule has 0 spiro atoms. The lowest BCUT2D eigenvalue weighted by Gasteiger charge is -2.15. The molecule has 0 heterocycles. The number of carbonyl (C=O) groups excluding carboxylic acids is 1. The third kappa shape index (κ3) is 4.80. The molecule has 2 N–H and O–H groups in total. The van der Waals surface area contributed by atoms with Crippen LogP contribution in [0.5, 0.6) is 0 Å². The Balaban J connectivity index is 2.60. The molecule has 4 nitrogen and oxygen atoms in total. The maximum absolute atomic E-state index is 13.3. The first-order valence-corrected chi connectivity index (χ1v) is 6.95. The summed E-state index contributed by atoms with van der Waals surface area (Å²) in [4.78, 5) is 22.6. The molecule has 20 heavy (non-hydrogen) atoms. The topological polar surface area (TPSA) is 66.4 Å². The number of anilines is 1. The van der Waals surface area contributed by atoms with E-state index in [0.29, 0.717) is 0 Å². The molecule has 1 rings (SSSR count). The number of hydrogen-bond donors (Lipinski definition) is 2. The third-order valence-electron chi connectivity index (χ3n) is 2.45. The fourth-order valence-electron chi connectivity index (χ4n) is 1.49. The molecule has 0 bridgehead atoms. The summed E-state index contributed by atoms with van der Waals surface area (Å²) in [7, 11) is 0. The van der Waals surface area contributed by atoms with Gasteiger partial charge in [0.1, 0.15) is 16.9 Å². The van der Waals surface area contributed by atoms with Crippen molar-refractivity contribution < 1.29 is 23.5 Å². The van der Waals surface area contributed by atoms with E-state index in [1.165, 1.54) is 0 Å². The highest BCUT2D eigenvalue weighted by atomic mass is 32.2. The number of rotatable bonds is 6. The number of carboxylic acids is 1. The molecule has 0 saturated carbocycles. The van der Waals surface area contributed by atoms with Crippen LogP contribution < -0.4 is 5.32 Å². The Morgan fingerprint density at radius 3 is 2.55 bits per heavy atom. The van der Waals surface area contributed by atoms with Gasteiger partial charge in [-0.05, 0) is 18.1 Å². The zero-order chi connectivity index (χ0) is 15.3. The minimum atomic E-state index is -1.00. The summed E-state index contributed by atoms with van der Waals surface area (Å²) in [6.45, 7) is 3.46. The Morgan fingerprint density at radius 2 is 2.00 bits per heavy atom. The highest BCUT2D eigenvalue weighted by molar-refractivity contribution is 8.01. The van der Waals surface area contributed by atoms with E-state index < -0.39 is 28.8 Å². The number of hydrogen-bond acceptors (Lipinski definition) is 3. The Kier molecular flexibility index (Phi) is 5.94. The number of thioether (sulfide) groups is 1. The summed E-state index contributed by atoms with van der Waals surface area (Å²) in [5.41, 5.74) is -0.257. The zero-order valence-electron chi connectivity index (χ0n) is 11.0. The molecule has 0 radical (unpaired) electrons. The van der Waals surface area contributed by atoms with E-state index >= 15 is 0 Å². The molecule has 110 valence electrons. The molecule has 0 fully saturated rings. The van der Waals surface area contributed by atoms with Crippen LogP contribution in [-0.4, -0.2) is 28.0 Å². The number of carbonyl (C=O) groups is 2. The van der Waals surface area contributed by atoms with Crippen molar-refractivity contribution in [3.8, 4) is 0 Å². The van der Waals surface area contributed by atoms with E-state index in [1.807, 2.05) is 0 Å². The predicted molar refractivity (Wildman–Crippen MR) is 73.7 cm³/mol. The quantitative estimate of drug-likeness (QED) is 0.848. The average molecular weight is 303 g/mol. The van der Waals surface area contributed by atoms with Crippen molar-refractivity contribution in [2.24, 2.45) is 5.92 Å². The zero-order valence-corrected chi connectivity index (χ0v) is 11.8. The van der Waals surface area contributed by atoms with E-state index in [-0.39, 0.29) is 17.4 Å². The first-order chi connectivity index (χ1) is 9.31. The summed E-state index contributed by atoms with van der Waals surface area (Å²) in [6, 6.07) is 2.72. The third-order valence-corrected chi connectivity index (χ3v) is 3.98. The number of carboxylic acid groups (broad SMARTS) is 1. The van der Waals surface area contributed by atoms with Gasteiger partial charge in [-0.25, -0.2) is 8.78 Å². The molecule has 0 aromatic heterocycles. The van der Waals surface area contributed by atoms with Crippen molar-refractivity contribution in [2.45, 2.75) is 19.1 Å². The van der Waals surface area contributed by atoms with Crippen LogP contribution in [0.2, 0.25) is 0 Å². The summed E-state index contributed by atoms with van der Waals surface area (Å²) in [6.07, 6.45) is 0. The smallest absolute Gasteiger partial charge is 0.316 e. The Labute approximate surface area is 119 Å². The lowest BCUT2D eigenvalue weighted by Crippen LogP contribution is -2.25. The molecule has 0 saturated heterocycles. The second-order valence-electron chi connectivity index (χ2n) is 4.49. The lowest BCUT2D eigenvalue weighted by atomic mass is 10.1. The highest BCUT2D eigenvalue weighted by Gasteiger charge is 2.23. The van der Waals surface area contributed by atoms with E-state index in [0.717, 1.165) is 30.0 Å². The number of amides is 1. The minimum Gasteiger partial charge on any atom is -0.480 e. The van der Waals surface area contributed by atoms with Crippen LogP contribution >= 0.6 is 11.8 Å². The maximum Gasteiger partial charge on any atom is 0.316 e. The summed E-state index contributed by atoms with van der Waals surface area (Å²) < 4.78 is 26.2. The molecule has 7 heteroatoms. The monoisotopic (exact) mass is 303 g/mol. The van der Waals surface area contributed by atoms with Crippen LogP contribution in [-0.2, 0) is 9.59 Å². The standard InChI is InChI=1S/C13H15F2NO3S/c1-7(2)12(13(18)19)20-6-11(17)16-10-5-8(14)3-4-9(10)15/h3-5,7,12H,6H2,1-2H3,(H,16,17)(H,18,19). The summed E-state index contributed by atoms with van der Waals surface area (Å²) in [5.74, 6) is -3.29. The van der Waals surface area contributed by atoms with Crippen molar-refractivity contribution in [2.75, 3.05) is 11.1 Å². The predicted octanol–water partition coefficient (Wildman–Crippen LogP) is 2.75. The average Bonchev–Trinajstić information content (AvgIpc) is 2.33. The largest absolute Gasteiger partial charge is 0.480 e. The van der Waals surface area contributed by atoms with Gasteiger partial charge >= 0.3 is 5.97 Å². The maximum atomic E-state index is 13.3. The lowest BCUT2D eigenvalue weighted by molar-refractivity contribution is -0.137. The van der Waals surface area contributed by atoms with Gasteiger partial charge in [-0.1, -0.05) is 13.8 Å². The minimum absolute atomic E-state index is 0.142. The van der Waals surface area contributed by atoms with Crippen LogP contribution in [0.25, 0.3) is 0 Å². The SMILES string of the molecule is CC(C)C(SCC(=O)Nc1cc(F)ccc1F)C(=O)O. The number of nitrogens with one attached hydrogen (secondary N) is 1. The first kappa shape index (κ1) is 16.4. The van der Waals surface area contributed by atoms with Gasteiger partial charge in [0.25, 0.3) is 0 Å². The van der Waals surface area contributed by atoms with Crippen molar-refractivity contribution in [3.05, 3.63) is 29.8 Å². The van der Waals surface area contributed by atoms with Gasteiger partial charge < -0.3 is 10.4 Å². The van der Waals surface area contributed by atoms with Crippen LogP contribution in [0.4, 0.5) is 14.5 Å². The van der Waals surface area contributed by atoms with E-state index in [1.54, 1.807) is 13.8 Å². The van der Waals surface area contributed by atoms with E-state index in [4.69, 9.17) is 5.11 Å². The second kappa shape index (κ2) is 7.23. The van der Waals surface area contributed by atoms with E-state index in [2.05, 4.69) is 5.32 Å². The van der Waals surface area contributed by atoms with Gasteiger partial charge in [0, 0.05) is 6.07 Å². The molecule has 1 aromatic rings. The fourth-order valence-corrected chi connectivity index (χ4v) is 2.42. The summed E-state index contributed by atoms with van der Waals surface area (Å²) >= 11 is 0.947. The molecule has 1 unspecified atom stereocenters. The molecular weight excluding hydrogens is 288 g/mol. The van der Waals surface area contributed by atoms with Crippen molar-refractivity contribution in [1.29, 1.82) is 0 Å². The van der Waals surface area contributed by atoms with Crippen LogP contribution in [0.15, 0.2) is 18.2 Å². The number of aliphatic carboxylic acids is 1. The van der Waals surface area contributed by atoms with Gasteiger partial charge in [-0.2, -0.15) is 0 Å². The summed E-state index contributed by atoms with van der Waals surface area (Å²) in [5, 5.41) is 10.5. The molecule has 1 amide bonds. The van der Waals surface area contributed by atoms with Gasteiger partial charge in [0.05, 0.1) is 11.4 Å². The molecular formula is C13H15F2NO3S. The fraction of sp³-hybridized carbons (Fsp3) is 0.385. The number of benzene rings is 1. The Bertz CT molecular complexity index is 508.